The summed E-state index contributed by atoms with van der Waals surface area (Å²) in [6, 6.07) is 9.38. The first kappa shape index (κ1) is 17.9. The molecule has 2 rings (SSSR count). The van der Waals surface area contributed by atoms with Gasteiger partial charge in [0.15, 0.2) is 0 Å². The number of nitrogens with two attached hydrogens (primary N) is 1. The second-order valence-corrected chi connectivity index (χ2v) is 6.98. The number of benzene rings is 1. The molecule has 0 bridgehead atoms. The molecule has 0 saturated carbocycles. The number of hydrogen-bond acceptors (Lipinski definition) is 4. The first-order valence-electron chi connectivity index (χ1n) is 7.31. The number of aromatic nitrogens is 1. The lowest BCUT2D eigenvalue weighted by molar-refractivity contribution is 0.194. The van der Waals surface area contributed by atoms with Crippen LogP contribution >= 0.6 is 0 Å². The molecule has 3 N–H and O–H groups in total. The van der Waals surface area contributed by atoms with Gasteiger partial charge in [0.25, 0.3) is 0 Å². The van der Waals surface area contributed by atoms with E-state index in [2.05, 4.69) is 10.3 Å². The van der Waals surface area contributed by atoms with Gasteiger partial charge in [0.05, 0.1) is 10.9 Å². The lowest BCUT2D eigenvalue weighted by Gasteiger charge is -2.25. The highest BCUT2D eigenvalue weighted by Crippen LogP contribution is 2.20. The van der Waals surface area contributed by atoms with E-state index in [1.54, 1.807) is 42.5 Å². The SMILES string of the molecule is C[C@H](c1ccc(S(N)(=O)=O)cc1)N(C)C(=O)NCc1cccnc1. The van der Waals surface area contributed by atoms with Crippen LogP contribution in [0.25, 0.3) is 0 Å². The summed E-state index contributed by atoms with van der Waals surface area (Å²) >= 11 is 0. The minimum Gasteiger partial charge on any atom is -0.334 e. The molecule has 24 heavy (non-hydrogen) atoms. The van der Waals surface area contributed by atoms with Gasteiger partial charge in [-0.1, -0.05) is 18.2 Å². The van der Waals surface area contributed by atoms with Crippen LogP contribution < -0.4 is 10.5 Å². The smallest absolute Gasteiger partial charge is 0.317 e. The number of urea groups is 1. The molecule has 128 valence electrons. The Morgan fingerprint density at radius 3 is 2.50 bits per heavy atom. The number of primary sulfonamides is 1. The van der Waals surface area contributed by atoms with Crippen LogP contribution in [-0.4, -0.2) is 31.4 Å². The zero-order chi connectivity index (χ0) is 17.7. The Morgan fingerprint density at radius 1 is 1.29 bits per heavy atom. The van der Waals surface area contributed by atoms with Crippen molar-refractivity contribution in [3.63, 3.8) is 0 Å². The Morgan fingerprint density at radius 2 is 1.96 bits per heavy atom. The predicted octanol–water partition coefficient (Wildman–Crippen LogP) is 1.63. The molecule has 1 aromatic heterocycles. The average Bonchev–Trinajstić information content (AvgIpc) is 2.58. The number of sulfonamides is 1. The van der Waals surface area contributed by atoms with Gasteiger partial charge in [-0.2, -0.15) is 0 Å². The molecule has 1 atom stereocenters. The summed E-state index contributed by atoms with van der Waals surface area (Å²) in [5.74, 6) is 0. The molecule has 0 aliphatic heterocycles. The van der Waals surface area contributed by atoms with Crippen LogP contribution in [0.3, 0.4) is 0 Å². The maximum atomic E-state index is 12.2. The predicted molar refractivity (Wildman–Crippen MR) is 90.5 cm³/mol. The molecule has 0 fully saturated rings. The summed E-state index contributed by atoms with van der Waals surface area (Å²) in [7, 11) is -2.04. The number of nitrogens with one attached hydrogen (secondary N) is 1. The van der Waals surface area contributed by atoms with Crippen LogP contribution in [-0.2, 0) is 16.6 Å². The molecule has 2 aromatic rings. The van der Waals surface area contributed by atoms with Gasteiger partial charge in [0.2, 0.25) is 10.0 Å². The molecule has 8 heteroatoms. The highest BCUT2D eigenvalue weighted by Gasteiger charge is 2.18. The molecule has 2 amide bonds. The fraction of sp³-hybridized carbons (Fsp3) is 0.250. The molecule has 1 aromatic carbocycles. The molecule has 0 saturated heterocycles. The van der Waals surface area contributed by atoms with Gasteiger partial charge in [-0.05, 0) is 36.2 Å². The molecular formula is C16H20N4O3S. The van der Waals surface area contributed by atoms with Crippen molar-refractivity contribution in [1.82, 2.24) is 15.2 Å². The molecule has 0 aliphatic carbocycles. The minimum absolute atomic E-state index is 0.0436. The number of hydrogen-bond donors (Lipinski definition) is 2. The first-order chi connectivity index (χ1) is 11.3. The summed E-state index contributed by atoms with van der Waals surface area (Å²) in [6.45, 7) is 2.24. The number of carbonyl (C=O) groups excluding carboxylic acids is 1. The van der Waals surface area contributed by atoms with Gasteiger partial charge < -0.3 is 10.2 Å². The monoisotopic (exact) mass is 348 g/mol. The second-order valence-electron chi connectivity index (χ2n) is 5.42. The van der Waals surface area contributed by atoms with Crippen molar-refractivity contribution in [2.45, 2.75) is 24.4 Å². The molecule has 0 radical (unpaired) electrons. The summed E-state index contributed by atoms with van der Waals surface area (Å²) in [5.41, 5.74) is 1.71. The highest BCUT2D eigenvalue weighted by atomic mass is 32.2. The zero-order valence-corrected chi connectivity index (χ0v) is 14.3. The van der Waals surface area contributed by atoms with Crippen molar-refractivity contribution in [2.24, 2.45) is 5.14 Å². The van der Waals surface area contributed by atoms with Crippen LogP contribution in [0.15, 0.2) is 53.7 Å². The Kier molecular flexibility index (Phi) is 5.53. The van der Waals surface area contributed by atoms with Crippen LogP contribution in [0.5, 0.6) is 0 Å². The molecular weight excluding hydrogens is 328 g/mol. The van der Waals surface area contributed by atoms with E-state index < -0.39 is 10.0 Å². The third-order valence-corrected chi connectivity index (χ3v) is 4.69. The van der Waals surface area contributed by atoms with Gasteiger partial charge in [0.1, 0.15) is 0 Å². The van der Waals surface area contributed by atoms with E-state index in [0.29, 0.717) is 6.54 Å². The number of pyridine rings is 1. The number of nitrogens with zero attached hydrogens (tertiary/aromatic N) is 2. The standard InChI is InChI=1S/C16H20N4O3S/c1-12(14-5-7-15(8-6-14)24(17,22)23)20(2)16(21)19-11-13-4-3-9-18-10-13/h3-10,12H,11H2,1-2H3,(H,19,21)(H2,17,22,23)/t12-/m1/s1. The Hall–Kier alpha value is -2.45. The Bertz CT molecular complexity index is 792. The van der Waals surface area contributed by atoms with Gasteiger partial charge in [-0.3, -0.25) is 4.98 Å². The summed E-state index contributed by atoms with van der Waals surface area (Å²) in [4.78, 5) is 17.8. The normalized spacial score (nSPS) is 12.5. The van der Waals surface area contributed by atoms with E-state index in [-0.39, 0.29) is 17.0 Å². The molecule has 1 heterocycles. The van der Waals surface area contributed by atoms with Crippen molar-refractivity contribution in [3.8, 4) is 0 Å². The fourth-order valence-corrected chi connectivity index (χ4v) is 2.66. The van der Waals surface area contributed by atoms with E-state index in [1.165, 1.54) is 12.1 Å². The largest absolute Gasteiger partial charge is 0.334 e. The highest BCUT2D eigenvalue weighted by molar-refractivity contribution is 7.89. The summed E-state index contributed by atoms with van der Waals surface area (Å²) in [5, 5.41) is 7.89. The van der Waals surface area contributed by atoms with Crippen LogP contribution in [0, 0.1) is 0 Å². The van der Waals surface area contributed by atoms with E-state index in [4.69, 9.17) is 5.14 Å². The van der Waals surface area contributed by atoms with Crippen molar-refractivity contribution >= 4 is 16.1 Å². The van der Waals surface area contributed by atoms with E-state index >= 15 is 0 Å². The molecule has 0 aliphatic rings. The van der Waals surface area contributed by atoms with Crippen molar-refractivity contribution < 1.29 is 13.2 Å². The Balaban J connectivity index is 2.00. The lowest BCUT2D eigenvalue weighted by Crippen LogP contribution is -2.38. The zero-order valence-electron chi connectivity index (χ0n) is 13.5. The van der Waals surface area contributed by atoms with Gasteiger partial charge in [-0.25, -0.2) is 18.4 Å². The average molecular weight is 348 g/mol. The molecule has 0 spiro atoms. The Labute approximate surface area is 141 Å². The third kappa shape index (κ3) is 4.53. The van der Waals surface area contributed by atoms with E-state index in [9.17, 15) is 13.2 Å². The van der Waals surface area contributed by atoms with E-state index in [0.717, 1.165) is 11.1 Å². The fourth-order valence-electron chi connectivity index (χ4n) is 2.14. The number of rotatable bonds is 5. The summed E-state index contributed by atoms with van der Waals surface area (Å²) in [6.07, 6.45) is 3.36. The first-order valence-corrected chi connectivity index (χ1v) is 8.86. The summed E-state index contributed by atoms with van der Waals surface area (Å²) < 4.78 is 22.5. The van der Waals surface area contributed by atoms with Gasteiger partial charge in [-0.15, -0.1) is 0 Å². The molecule has 0 unspecified atom stereocenters. The third-order valence-electron chi connectivity index (χ3n) is 3.76. The second kappa shape index (κ2) is 7.41. The maximum Gasteiger partial charge on any atom is 0.317 e. The van der Waals surface area contributed by atoms with Crippen LogP contribution in [0.4, 0.5) is 4.79 Å². The number of amides is 2. The van der Waals surface area contributed by atoms with E-state index in [1.807, 2.05) is 13.0 Å². The van der Waals surface area contributed by atoms with Gasteiger partial charge in [0, 0.05) is 26.0 Å². The van der Waals surface area contributed by atoms with Crippen molar-refractivity contribution in [2.75, 3.05) is 7.05 Å². The van der Waals surface area contributed by atoms with Crippen LogP contribution in [0.1, 0.15) is 24.1 Å². The van der Waals surface area contributed by atoms with Crippen LogP contribution in [0.2, 0.25) is 0 Å². The quantitative estimate of drug-likeness (QED) is 0.856. The number of carbonyl (C=O) groups is 1. The van der Waals surface area contributed by atoms with Crippen molar-refractivity contribution in [3.05, 3.63) is 59.9 Å². The maximum absolute atomic E-state index is 12.2. The topological polar surface area (TPSA) is 105 Å². The minimum atomic E-state index is -3.72. The lowest BCUT2D eigenvalue weighted by atomic mass is 10.1. The van der Waals surface area contributed by atoms with Gasteiger partial charge >= 0.3 is 6.03 Å². The van der Waals surface area contributed by atoms with Crippen molar-refractivity contribution in [1.29, 1.82) is 0 Å². The molecule has 7 nitrogen and oxygen atoms in total.